The zero-order chi connectivity index (χ0) is 46.5. The molecule has 3 N–H and O–H groups in total. The van der Waals surface area contributed by atoms with Gasteiger partial charge in [-0.2, -0.15) is 14.5 Å². The molecule has 3 aliphatic rings. The highest BCUT2D eigenvalue weighted by Gasteiger charge is 2.55. The number of thioether (sulfide) groups is 2. The van der Waals surface area contributed by atoms with Crippen molar-refractivity contribution in [2.75, 3.05) is 11.5 Å². The van der Waals surface area contributed by atoms with Crippen LogP contribution >= 0.6 is 35.1 Å². The van der Waals surface area contributed by atoms with Crippen LogP contribution in [0.15, 0.2) is 192 Å². The highest BCUT2D eigenvalue weighted by atomic mass is 32.2. The molecule has 0 bridgehead atoms. The van der Waals surface area contributed by atoms with Crippen molar-refractivity contribution < 1.29 is 24.0 Å². The Labute approximate surface area is 405 Å². The Hall–Kier alpha value is -7.27. The van der Waals surface area contributed by atoms with Crippen LogP contribution in [-0.4, -0.2) is 70.8 Å². The van der Waals surface area contributed by atoms with Crippen LogP contribution < -0.4 is 11.1 Å². The van der Waals surface area contributed by atoms with E-state index in [1.807, 2.05) is 138 Å². The Morgan fingerprint density at radius 1 is 0.853 bits per heavy atom. The van der Waals surface area contributed by atoms with Crippen molar-refractivity contribution in [1.82, 2.24) is 29.4 Å². The van der Waals surface area contributed by atoms with Crippen LogP contribution in [0.4, 0.5) is 5.13 Å². The number of anilines is 1. The van der Waals surface area contributed by atoms with Gasteiger partial charge in [0, 0.05) is 39.7 Å². The molecule has 13 nitrogen and oxygen atoms in total. The van der Waals surface area contributed by atoms with Crippen LogP contribution in [0.2, 0.25) is 0 Å². The summed E-state index contributed by atoms with van der Waals surface area (Å²) in [4.78, 5) is 55.3. The van der Waals surface area contributed by atoms with Crippen molar-refractivity contribution in [2.45, 2.75) is 47.8 Å². The van der Waals surface area contributed by atoms with Crippen LogP contribution in [-0.2, 0) is 35.2 Å². The Morgan fingerprint density at radius 3 is 1.99 bits per heavy atom. The van der Waals surface area contributed by atoms with E-state index >= 15 is 0 Å². The maximum absolute atomic E-state index is 14.9. The van der Waals surface area contributed by atoms with Gasteiger partial charge >= 0.3 is 5.97 Å². The number of nitrogens with two attached hydrogens (primary N) is 1. The molecule has 0 radical (unpaired) electrons. The summed E-state index contributed by atoms with van der Waals surface area (Å²) in [6.07, 6.45) is 8.20. The molecule has 0 saturated carbocycles. The number of carbonyl (C=O) groups excluding carboxylic acids is 3. The number of allylic oxidation sites excluding steroid dienone is 1. The molecule has 7 aromatic rings. The summed E-state index contributed by atoms with van der Waals surface area (Å²) in [6.45, 7) is 0. The normalized spacial score (nSPS) is 18.0. The molecule has 0 spiro atoms. The maximum Gasteiger partial charge on any atom is 0.356 e. The topological polar surface area (TPSA) is 167 Å². The molecule has 2 aromatic heterocycles. The van der Waals surface area contributed by atoms with Crippen molar-refractivity contribution in [3.8, 4) is 0 Å². The number of aromatic nitrogens is 4. The van der Waals surface area contributed by atoms with Gasteiger partial charge in [0.15, 0.2) is 11.2 Å². The predicted molar refractivity (Wildman–Crippen MR) is 265 cm³/mol. The number of ether oxygens (including phenoxy) is 1. The minimum Gasteiger partial charge on any atom is -0.448 e. The Bertz CT molecular complexity index is 2870. The third kappa shape index (κ3) is 8.85. The molecular weight excluding hydrogens is 913 g/mol. The summed E-state index contributed by atoms with van der Waals surface area (Å²) in [7, 11) is 0. The first-order chi connectivity index (χ1) is 33.4. The van der Waals surface area contributed by atoms with Gasteiger partial charge in [-0.15, -0.1) is 23.5 Å². The summed E-state index contributed by atoms with van der Waals surface area (Å²) < 4.78 is 12.7. The minimum absolute atomic E-state index is 0.0144. The number of amides is 2. The smallest absolute Gasteiger partial charge is 0.356 e. The van der Waals surface area contributed by atoms with Crippen LogP contribution in [0.25, 0.3) is 0 Å². The van der Waals surface area contributed by atoms with E-state index in [9.17, 15) is 14.4 Å². The van der Waals surface area contributed by atoms with Gasteiger partial charge in [0.1, 0.15) is 28.8 Å². The minimum atomic E-state index is -1.01. The first kappa shape index (κ1) is 44.6. The molecule has 68 heavy (non-hydrogen) atoms. The second-order valence-corrected chi connectivity index (χ2v) is 19.1. The van der Waals surface area contributed by atoms with Gasteiger partial charge in [0.2, 0.25) is 11.5 Å². The first-order valence-electron chi connectivity index (χ1n) is 22.0. The second-order valence-electron chi connectivity index (χ2n) is 16.2. The molecule has 4 heterocycles. The summed E-state index contributed by atoms with van der Waals surface area (Å²) in [5, 5.41) is 11.6. The van der Waals surface area contributed by atoms with Crippen LogP contribution in [0.3, 0.4) is 0 Å². The standard InChI is InChI=1S/C52H44N8O5S3/c53-51-56-46(58-68-51)42(57-65-40-28-16-17-29-40)47(61)55-43-48(62)60-44(50(63)64-45(35-18-6-1-7-19-35)36-20-8-2-9-21-36)41(33-67-49(43)60)66-32-34-30-54-59(31-34)52(37-22-10-3-11-23-37,38-24-12-4-13-25-38)39-26-14-5-15-27-39/h1-16,18-28,30-31,40,43,45,49H,17,29,32-33H2,(H,55,61)(H2,53,56,58)/b57-42+/t40?,43-,49-/m1/s1. The van der Waals surface area contributed by atoms with Crippen molar-refractivity contribution >= 4 is 63.7 Å². The van der Waals surface area contributed by atoms with Crippen molar-refractivity contribution in [3.63, 3.8) is 0 Å². The van der Waals surface area contributed by atoms with E-state index in [-0.39, 0.29) is 28.5 Å². The quantitative estimate of drug-likeness (QED) is 0.0238. The third-order valence-corrected chi connectivity index (χ3v) is 15.1. The summed E-state index contributed by atoms with van der Waals surface area (Å²) in [5.74, 6) is -1.08. The SMILES string of the molecule is Nc1nc(/C(=N\OC2C=CCC2)C(=O)N[C@@H]2C(=O)N3C(C(=O)OC(c4ccccc4)c4ccccc4)=C(SCc4cnn(C(c5ccccc5)(c5ccccc5)c5ccccc5)c4)CS[C@H]23)ns1. The Balaban J connectivity index is 0.975. The molecule has 1 saturated heterocycles. The number of nitrogens with one attached hydrogen (secondary N) is 1. The number of esters is 1. The highest BCUT2D eigenvalue weighted by Crippen LogP contribution is 2.46. The monoisotopic (exact) mass is 956 g/mol. The number of hydrogen-bond donors (Lipinski definition) is 2. The van der Waals surface area contributed by atoms with Gasteiger partial charge in [0.25, 0.3) is 11.8 Å². The van der Waals surface area contributed by atoms with Crippen molar-refractivity contribution in [1.29, 1.82) is 0 Å². The van der Waals surface area contributed by atoms with E-state index in [4.69, 9.17) is 20.4 Å². The molecule has 3 atom stereocenters. The van der Waals surface area contributed by atoms with Gasteiger partial charge in [-0.3, -0.25) is 19.2 Å². The summed E-state index contributed by atoms with van der Waals surface area (Å²) >= 11 is 3.81. The molecule has 5 aromatic carbocycles. The van der Waals surface area contributed by atoms with Crippen molar-refractivity contribution in [3.05, 3.63) is 226 Å². The molecule has 340 valence electrons. The first-order valence-corrected chi connectivity index (χ1v) is 24.8. The number of hydrogen-bond acceptors (Lipinski definition) is 13. The van der Waals surface area contributed by atoms with E-state index in [0.717, 1.165) is 51.3 Å². The molecule has 10 rings (SSSR count). The molecule has 1 unspecified atom stereocenters. The van der Waals surface area contributed by atoms with Crippen LogP contribution in [0, 0.1) is 0 Å². The van der Waals surface area contributed by atoms with E-state index in [1.54, 1.807) is 0 Å². The molecule has 2 amide bonds. The lowest BCUT2D eigenvalue weighted by molar-refractivity contribution is -0.154. The molecule has 1 fully saturated rings. The predicted octanol–water partition coefficient (Wildman–Crippen LogP) is 8.47. The fourth-order valence-electron chi connectivity index (χ4n) is 8.70. The number of β-lactam (4-membered cyclic amide) rings is 1. The van der Waals surface area contributed by atoms with Crippen LogP contribution in [0.1, 0.15) is 58.2 Å². The lowest BCUT2D eigenvalue weighted by Gasteiger charge is -2.49. The molecule has 1 aliphatic carbocycles. The van der Waals surface area contributed by atoms with E-state index in [1.165, 1.54) is 28.4 Å². The van der Waals surface area contributed by atoms with E-state index < -0.39 is 40.8 Å². The lowest BCUT2D eigenvalue weighted by atomic mass is 9.77. The van der Waals surface area contributed by atoms with Crippen LogP contribution in [0.5, 0.6) is 0 Å². The van der Waals surface area contributed by atoms with Crippen molar-refractivity contribution in [2.24, 2.45) is 5.16 Å². The van der Waals surface area contributed by atoms with E-state index in [2.05, 4.69) is 62.4 Å². The maximum atomic E-state index is 14.9. The van der Waals surface area contributed by atoms with Gasteiger partial charge in [0.05, 0.1) is 6.20 Å². The second kappa shape index (κ2) is 19.9. The highest BCUT2D eigenvalue weighted by molar-refractivity contribution is 8.05. The van der Waals surface area contributed by atoms with Gasteiger partial charge in [-0.25, -0.2) is 4.79 Å². The lowest BCUT2D eigenvalue weighted by Crippen LogP contribution is -2.71. The molecular formula is C52H44N8O5S3. The zero-order valence-electron chi connectivity index (χ0n) is 36.4. The van der Waals surface area contributed by atoms with Gasteiger partial charge in [-0.1, -0.05) is 163 Å². The number of carbonyl (C=O) groups is 3. The number of nitrogen functional groups attached to an aromatic ring is 1. The number of rotatable bonds is 16. The number of benzene rings is 5. The van der Waals surface area contributed by atoms with E-state index in [0.29, 0.717) is 22.8 Å². The zero-order valence-corrected chi connectivity index (χ0v) is 38.9. The average Bonchev–Trinajstić information content (AvgIpc) is 4.20. The number of fused-ring (bicyclic) bond motifs is 1. The van der Waals surface area contributed by atoms with Gasteiger partial charge < -0.3 is 20.6 Å². The fourth-order valence-corrected chi connectivity index (χ4v) is 11.7. The van der Waals surface area contributed by atoms with Gasteiger partial charge in [-0.05, 0) is 46.7 Å². The summed E-state index contributed by atoms with van der Waals surface area (Å²) in [5.41, 5.74) is 10.6. The molecule has 2 aliphatic heterocycles. The third-order valence-electron chi connectivity index (χ3n) is 11.9. The number of nitrogens with zero attached hydrogens (tertiary/aromatic N) is 6. The Morgan fingerprint density at radius 2 is 1.44 bits per heavy atom. The Kier molecular flexibility index (Phi) is 13.0. The largest absolute Gasteiger partial charge is 0.448 e. The summed E-state index contributed by atoms with van der Waals surface area (Å²) in [6, 6.07) is 48.9. The fraction of sp³-hybridized carbons (Fsp3) is 0.173. The number of oxime groups is 1. The molecule has 16 heteroatoms. The average molecular weight is 957 g/mol.